The molecule has 1 radical (unpaired) electrons. The first-order chi connectivity index (χ1) is 15.2. The molecule has 2 aliphatic carbocycles. The van der Waals surface area contributed by atoms with Gasteiger partial charge in [0, 0.05) is 0 Å². The summed E-state index contributed by atoms with van der Waals surface area (Å²) in [5.41, 5.74) is 7.77. The Balaban J connectivity index is 0.000000396. The maximum Gasteiger partial charge on any atom is 2.00 e. The van der Waals surface area contributed by atoms with Gasteiger partial charge < -0.3 is 10.6 Å². The van der Waals surface area contributed by atoms with Gasteiger partial charge in [0.05, 0.1) is 0 Å². The van der Waals surface area contributed by atoms with Crippen LogP contribution in [0.2, 0.25) is 9.38 Å². The fourth-order valence-electron chi connectivity index (χ4n) is 4.06. The predicted octanol–water partition coefficient (Wildman–Crippen LogP) is 7.27. The maximum atomic E-state index is 3.97. The van der Waals surface area contributed by atoms with Crippen LogP contribution in [0, 0.1) is 0 Å². The topological polar surface area (TPSA) is 28.2 Å². The SMILES string of the molecule is CC[N-]CC.CC[N-]CC.[CH3][Sn]([CH2]C1=CC=CC1)[c]1cccc2c1Cc1ccccc1-2.[Zr+2]. The van der Waals surface area contributed by atoms with Crippen LogP contribution in [0.25, 0.3) is 21.8 Å². The first-order valence-corrected chi connectivity index (χ1v) is 18.1. The Morgan fingerprint density at radius 3 is 2.00 bits per heavy atom. The zero-order valence-electron chi connectivity index (χ0n) is 20.6. The van der Waals surface area contributed by atoms with E-state index in [0.29, 0.717) is 0 Å². The van der Waals surface area contributed by atoms with E-state index in [9.17, 15) is 0 Å². The number of benzene rings is 2. The summed E-state index contributed by atoms with van der Waals surface area (Å²) in [7, 11) is 0. The number of fused-ring (bicyclic) bond motifs is 3. The van der Waals surface area contributed by atoms with E-state index >= 15 is 0 Å². The number of allylic oxidation sites excluding steroid dienone is 4. The van der Waals surface area contributed by atoms with Crippen molar-refractivity contribution >= 4 is 23.3 Å². The van der Waals surface area contributed by atoms with Crippen molar-refractivity contribution in [3.8, 4) is 11.1 Å². The third-order valence-corrected chi connectivity index (χ3v) is 12.3. The summed E-state index contributed by atoms with van der Waals surface area (Å²) < 4.78 is 3.11. The maximum absolute atomic E-state index is 3.97. The van der Waals surface area contributed by atoms with Gasteiger partial charge in [0.15, 0.2) is 0 Å². The second-order valence-electron chi connectivity index (χ2n) is 7.79. The second-order valence-corrected chi connectivity index (χ2v) is 14.8. The predicted molar refractivity (Wildman–Crippen MR) is 141 cm³/mol. The second kappa shape index (κ2) is 17.0. The Morgan fingerprint density at radius 1 is 0.812 bits per heavy atom. The average Bonchev–Trinajstić information content (AvgIpc) is 3.43. The van der Waals surface area contributed by atoms with E-state index in [2.05, 4.69) is 76.3 Å². The zero-order chi connectivity index (χ0) is 22.5. The molecule has 2 nitrogen and oxygen atoms in total. The van der Waals surface area contributed by atoms with E-state index < -0.39 is 19.8 Å². The number of nitrogens with zero attached hydrogens (tertiary/aromatic N) is 2. The molecule has 2 aromatic carbocycles. The van der Waals surface area contributed by atoms with Crippen LogP contribution in [0.3, 0.4) is 0 Å². The first kappa shape index (κ1) is 29.6. The molecule has 0 N–H and O–H groups in total. The fourth-order valence-corrected chi connectivity index (χ4v) is 10.5. The molecule has 0 aliphatic heterocycles. The quantitative estimate of drug-likeness (QED) is 0.251. The van der Waals surface area contributed by atoms with Crippen molar-refractivity contribution in [1.82, 2.24) is 0 Å². The van der Waals surface area contributed by atoms with Crippen molar-refractivity contribution in [2.24, 2.45) is 0 Å². The Morgan fingerprint density at radius 2 is 1.44 bits per heavy atom. The molecule has 0 saturated heterocycles. The Hall–Kier alpha value is -0.478. The molecule has 4 rings (SSSR count). The van der Waals surface area contributed by atoms with Crippen LogP contribution in [0.1, 0.15) is 45.2 Å². The molecular weight excluding hydrogens is 574 g/mol. The van der Waals surface area contributed by atoms with Gasteiger partial charge in [0.2, 0.25) is 0 Å². The van der Waals surface area contributed by atoms with Gasteiger partial charge in [-0.25, -0.2) is 0 Å². The van der Waals surface area contributed by atoms with Crippen molar-refractivity contribution in [2.75, 3.05) is 26.2 Å². The molecule has 0 unspecified atom stereocenters. The van der Waals surface area contributed by atoms with Crippen LogP contribution < -0.4 is 3.58 Å². The zero-order valence-corrected chi connectivity index (χ0v) is 25.9. The molecular formula is C28H39N2SnZr. The minimum Gasteiger partial charge on any atom is 2.00 e. The van der Waals surface area contributed by atoms with E-state index in [1.54, 1.807) is 14.7 Å². The van der Waals surface area contributed by atoms with Crippen LogP contribution in [0.15, 0.2) is 66.3 Å². The van der Waals surface area contributed by atoms with Crippen molar-refractivity contribution in [1.29, 1.82) is 0 Å². The molecule has 2 aromatic rings. The molecule has 0 aromatic heterocycles. The van der Waals surface area contributed by atoms with Gasteiger partial charge >= 0.3 is 160 Å². The van der Waals surface area contributed by atoms with E-state index in [1.807, 2.05) is 27.7 Å². The molecule has 0 spiro atoms. The molecule has 169 valence electrons. The number of rotatable bonds is 7. The van der Waals surface area contributed by atoms with E-state index in [1.165, 1.54) is 27.5 Å². The van der Waals surface area contributed by atoms with E-state index in [0.717, 1.165) is 32.6 Å². The Bertz CT molecular complexity index is 850. The molecule has 32 heavy (non-hydrogen) atoms. The van der Waals surface area contributed by atoms with Gasteiger partial charge in [-0.3, -0.25) is 0 Å². The molecule has 4 heteroatoms. The van der Waals surface area contributed by atoms with Crippen LogP contribution in [-0.4, -0.2) is 45.9 Å². The van der Waals surface area contributed by atoms with Crippen LogP contribution in [0.5, 0.6) is 0 Å². The van der Waals surface area contributed by atoms with Crippen LogP contribution in [0.4, 0.5) is 0 Å². The van der Waals surface area contributed by atoms with Gasteiger partial charge in [-0.1, -0.05) is 27.7 Å². The van der Waals surface area contributed by atoms with Gasteiger partial charge in [-0.2, -0.15) is 26.2 Å². The average molecular weight is 614 g/mol. The number of hydrogen-bond acceptors (Lipinski definition) is 0. The minimum atomic E-state index is -1.52. The van der Waals surface area contributed by atoms with Crippen molar-refractivity contribution in [3.63, 3.8) is 0 Å². The standard InChI is InChI=1S/C13H9.C6H7.2C4H10N.CH3.Sn.Zr/c1-3-7-12-10(5-1)9-11-6-2-4-8-13(11)12;1-6-4-2-3-5-6;2*1-3-5-4-2;;;/h1-5,7-8H,9H2;2-4H,1,5H2;2*3-4H2,1-2H3;1H3;;/q;;2*-1;;;+2. The monoisotopic (exact) mass is 613 g/mol. The molecule has 2 aliphatic rings. The van der Waals surface area contributed by atoms with Gasteiger partial charge in [-0.15, -0.1) is 0 Å². The summed E-state index contributed by atoms with van der Waals surface area (Å²) in [6.07, 6.45) is 9.18. The Kier molecular flexibility index (Phi) is 15.7. The summed E-state index contributed by atoms with van der Waals surface area (Å²) in [5, 5.41) is 7.94. The molecule has 0 amide bonds. The number of hydrogen-bond donors (Lipinski definition) is 0. The molecule has 0 atom stereocenters. The summed E-state index contributed by atoms with van der Waals surface area (Å²) in [5.74, 6) is 0. The molecule has 0 heterocycles. The van der Waals surface area contributed by atoms with Crippen LogP contribution in [-0.2, 0) is 32.6 Å². The van der Waals surface area contributed by atoms with Gasteiger partial charge in [0.1, 0.15) is 0 Å². The normalized spacial score (nSPS) is 12.6. The summed E-state index contributed by atoms with van der Waals surface area (Å²) in [6, 6.07) is 15.9. The summed E-state index contributed by atoms with van der Waals surface area (Å²) in [6.45, 7) is 12.1. The summed E-state index contributed by atoms with van der Waals surface area (Å²) >= 11 is -1.52. The Labute approximate surface area is 223 Å². The van der Waals surface area contributed by atoms with Crippen molar-refractivity contribution < 1.29 is 26.2 Å². The largest absolute Gasteiger partial charge is 2.00 e. The first-order valence-electron chi connectivity index (χ1n) is 11.8. The fraction of sp³-hybridized carbons (Fsp3) is 0.429. The minimum absolute atomic E-state index is 0. The van der Waals surface area contributed by atoms with Crippen LogP contribution >= 0.6 is 0 Å². The van der Waals surface area contributed by atoms with E-state index in [4.69, 9.17) is 0 Å². The van der Waals surface area contributed by atoms with Crippen molar-refractivity contribution in [3.05, 3.63) is 88.0 Å². The third kappa shape index (κ3) is 9.05. The molecule has 0 bridgehead atoms. The smallest absolute Gasteiger partial charge is 2.00 e. The molecule has 0 saturated carbocycles. The van der Waals surface area contributed by atoms with Crippen molar-refractivity contribution in [2.45, 2.75) is 49.9 Å². The van der Waals surface area contributed by atoms with Gasteiger partial charge in [0.25, 0.3) is 0 Å². The van der Waals surface area contributed by atoms with E-state index in [-0.39, 0.29) is 26.2 Å². The third-order valence-electron chi connectivity index (χ3n) is 5.55. The van der Waals surface area contributed by atoms with Gasteiger partial charge in [-0.05, 0) is 0 Å². The molecule has 0 fully saturated rings. The summed E-state index contributed by atoms with van der Waals surface area (Å²) in [4.78, 5) is 2.57.